The average molecular weight is 507 g/mol. The van der Waals surface area contributed by atoms with Crippen LogP contribution in [0.2, 0.25) is 0 Å². The van der Waals surface area contributed by atoms with Crippen LogP contribution >= 0.6 is 47.0 Å². The number of benzene rings is 3. The summed E-state index contributed by atoms with van der Waals surface area (Å²) >= 11 is 23.9. The maximum absolute atomic E-state index is 13.4. The minimum absolute atomic E-state index is 0.210. The quantitative estimate of drug-likeness (QED) is 0.220. The molecule has 0 aliphatic carbocycles. The third-order valence-corrected chi connectivity index (χ3v) is 5.60. The van der Waals surface area contributed by atoms with Gasteiger partial charge < -0.3 is 16.0 Å². The molecule has 0 fully saturated rings. The highest BCUT2D eigenvalue weighted by Gasteiger charge is 2.36. The van der Waals surface area contributed by atoms with Crippen molar-refractivity contribution in [2.45, 2.75) is 22.8 Å². The molecule has 0 saturated carbocycles. The Hall–Kier alpha value is -2.31. The number of hydrogen-bond acceptors (Lipinski definition) is 2. The van der Waals surface area contributed by atoms with Crippen molar-refractivity contribution in [3.63, 3.8) is 0 Å². The molecule has 1 amide bonds. The first-order valence-corrected chi connectivity index (χ1v) is 11.4. The van der Waals surface area contributed by atoms with Crippen molar-refractivity contribution in [1.82, 2.24) is 10.6 Å². The normalized spacial score (nSPS) is 12.2. The summed E-state index contributed by atoms with van der Waals surface area (Å²) in [6.07, 6.45) is -1.07. The van der Waals surface area contributed by atoms with Crippen LogP contribution in [0, 0.1) is 6.92 Å². The van der Waals surface area contributed by atoms with Crippen molar-refractivity contribution >= 4 is 63.7 Å². The van der Waals surface area contributed by atoms with Crippen LogP contribution in [0.1, 0.15) is 22.6 Å². The zero-order chi connectivity index (χ0) is 23.1. The van der Waals surface area contributed by atoms with Crippen LogP contribution in [0.25, 0.3) is 0 Å². The number of halogens is 3. The fourth-order valence-corrected chi connectivity index (χ4v) is 3.71. The molecule has 3 N–H and O–H groups in total. The molecule has 0 heterocycles. The van der Waals surface area contributed by atoms with E-state index in [9.17, 15) is 4.79 Å². The van der Waals surface area contributed by atoms with E-state index < -0.39 is 15.9 Å². The van der Waals surface area contributed by atoms with Gasteiger partial charge >= 0.3 is 0 Å². The largest absolute Gasteiger partial charge is 0.339 e. The lowest BCUT2D eigenvalue weighted by Gasteiger charge is -2.29. The molecule has 3 rings (SSSR count). The Bertz CT molecular complexity index is 1000. The van der Waals surface area contributed by atoms with Crippen molar-refractivity contribution < 1.29 is 4.79 Å². The lowest BCUT2D eigenvalue weighted by atomic mass is 9.90. The number of carbonyl (C=O) groups excluding carboxylic acids is 1. The SMILES string of the molecule is Cc1ccc(NC(=S)N[C@H](NC(=O)C(c2ccccc2)c2ccccc2)C(Cl)(Cl)Cl)cc1. The Labute approximate surface area is 208 Å². The molecule has 0 aliphatic heterocycles. The minimum atomic E-state index is -1.85. The molecule has 0 spiro atoms. The molecule has 166 valence electrons. The molecule has 8 heteroatoms. The summed E-state index contributed by atoms with van der Waals surface area (Å²) in [4.78, 5) is 13.4. The van der Waals surface area contributed by atoms with Gasteiger partial charge in [-0.1, -0.05) is 113 Å². The second-order valence-corrected chi connectivity index (χ2v) is 9.98. The number of carbonyl (C=O) groups is 1. The summed E-state index contributed by atoms with van der Waals surface area (Å²) < 4.78 is -1.85. The van der Waals surface area contributed by atoms with E-state index in [-0.39, 0.29) is 11.0 Å². The van der Waals surface area contributed by atoms with Crippen LogP contribution in [0.3, 0.4) is 0 Å². The Morgan fingerprint density at radius 1 is 0.812 bits per heavy atom. The summed E-state index contributed by atoms with van der Waals surface area (Å²) in [6, 6.07) is 26.5. The van der Waals surface area contributed by atoms with Crippen LogP contribution in [-0.4, -0.2) is 21.0 Å². The molecular weight excluding hydrogens is 485 g/mol. The third kappa shape index (κ3) is 6.84. The second kappa shape index (κ2) is 11.0. The van der Waals surface area contributed by atoms with Crippen LogP contribution in [-0.2, 0) is 4.79 Å². The number of hydrogen-bond donors (Lipinski definition) is 3. The van der Waals surface area contributed by atoms with Crippen LogP contribution in [0.4, 0.5) is 5.69 Å². The number of rotatable bonds is 6. The van der Waals surface area contributed by atoms with Gasteiger partial charge in [0.15, 0.2) is 5.11 Å². The Balaban J connectivity index is 1.79. The molecule has 0 aromatic heterocycles. The van der Waals surface area contributed by atoms with Gasteiger partial charge in [-0.05, 0) is 42.4 Å². The Morgan fingerprint density at radius 2 is 1.31 bits per heavy atom. The average Bonchev–Trinajstić information content (AvgIpc) is 2.76. The van der Waals surface area contributed by atoms with Gasteiger partial charge in [-0.3, -0.25) is 4.79 Å². The van der Waals surface area contributed by atoms with E-state index in [0.717, 1.165) is 22.4 Å². The highest BCUT2D eigenvalue weighted by atomic mass is 35.6. The maximum atomic E-state index is 13.4. The summed E-state index contributed by atoms with van der Waals surface area (Å²) in [5, 5.41) is 8.95. The number of amides is 1. The van der Waals surface area contributed by atoms with Gasteiger partial charge in [-0.25, -0.2) is 0 Å². The van der Waals surface area contributed by atoms with E-state index in [1.54, 1.807) is 0 Å². The molecule has 4 nitrogen and oxygen atoms in total. The Morgan fingerprint density at radius 3 is 1.78 bits per heavy atom. The van der Waals surface area contributed by atoms with E-state index in [1.807, 2.05) is 91.9 Å². The van der Waals surface area contributed by atoms with E-state index in [1.165, 1.54) is 0 Å². The van der Waals surface area contributed by atoms with Crippen molar-refractivity contribution in [3.05, 3.63) is 102 Å². The molecule has 0 unspecified atom stereocenters. The van der Waals surface area contributed by atoms with Crippen molar-refractivity contribution in [1.29, 1.82) is 0 Å². The molecule has 0 aliphatic rings. The van der Waals surface area contributed by atoms with Crippen molar-refractivity contribution in [2.75, 3.05) is 5.32 Å². The molecule has 1 atom stereocenters. The number of nitrogens with one attached hydrogen (secondary N) is 3. The smallest absolute Gasteiger partial charge is 0.233 e. The molecule has 32 heavy (non-hydrogen) atoms. The fraction of sp³-hybridized carbons (Fsp3) is 0.167. The Kier molecular flexibility index (Phi) is 8.38. The molecule has 0 bridgehead atoms. The van der Waals surface area contributed by atoms with Gasteiger partial charge in [-0.15, -0.1) is 0 Å². The predicted molar refractivity (Wildman–Crippen MR) is 137 cm³/mol. The molecule has 3 aromatic rings. The number of alkyl halides is 3. The lowest BCUT2D eigenvalue weighted by Crippen LogP contribution is -2.57. The maximum Gasteiger partial charge on any atom is 0.233 e. The number of thiocarbonyl (C=S) groups is 1. The van der Waals surface area contributed by atoms with E-state index in [4.69, 9.17) is 47.0 Å². The monoisotopic (exact) mass is 505 g/mol. The predicted octanol–water partition coefficient (Wildman–Crippen LogP) is 5.93. The van der Waals surface area contributed by atoms with Crippen LogP contribution < -0.4 is 16.0 Å². The van der Waals surface area contributed by atoms with Gasteiger partial charge in [0, 0.05) is 5.69 Å². The first-order chi connectivity index (χ1) is 15.2. The van der Waals surface area contributed by atoms with Gasteiger partial charge in [0.05, 0.1) is 5.92 Å². The van der Waals surface area contributed by atoms with Gasteiger partial charge in [-0.2, -0.15) is 0 Å². The lowest BCUT2D eigenvalue weighted by molar-refractivity contribution is -0.122. The fourth-order valence-electron chi connectivity index (χ4n) is 3.15. The standard InChI is InChI=1S/C24H22Cl3N3OS/c1-16-12-14-19(15-13-16)28-23(32)30-22(24(25,26)27)29-21(31)20(17-8-4-2-5-9-17)18-10-6-3-7-11-18/h2-15,20,22H,1H3,(H,29,31)(H2,28,30,32)/t22-/m0/s1. The van der Waals surface area contributed by atoms with Crippen LogP contribution in [0.5, 0.6) is 0 Å². The first-order valence-electron chi connectivity index (χ1n) is 9.85. The van der Waals surface area contributed by atoms with E-state index >= 15 is 0 Å². The number of anilines is 1. The third-order valence-electron chi connectivity index (χ3n) is 4.73. The zero-order valence-corrected chi connectivity index (χ0v) is 20.3. The van der Waals surface area contributed by atoms with Gasteiger partial charge in [0.25, 0.3) is 0 Å². The highest BCUT2D eigenvalue weighted by molar-refractivity contribution is 7.80. The summed E-state index contributed by atoms with van der Waals surface area (Å²) in [5.41, 5.74) is 3.53. The molecule has 3 aromatic carbocycles. The molecule has 0 radical (unpaired) electrons. The van der Waals surface area contributed by atoms with Crippen molar-refractivity contribution in [2.24, 2.45) is 0 Å². The summed E-state index contributed by atoms with van der Waals surface area (Å²) in [7, 11) is 0. The topological polar surface area (TPSA) is 53.2 Å². The molecule has 0 saturated heterocycles. The summed E-state index contributed by atoms with van der Waals surface area (Å²) in [6.45, 7) is 1.99. The first kappa shape index (κ1) is 24.3. The van der Waals surface area contributed by atoms with Gasteiger partial charge in [0.1, 0.15) is 6.17 Å². The summed E-state index contributed by atoms with van der Waals surface area (Å²) in [5.74, 6) is -0.919. The van der Waals surface area contributed by atoms with E-state index in [0.29, 0.717) is 0 Å². The zero-order valence-electron chi connectivity index (χ0n) is 17.2. The van der Waals surface area contributed by atoms with Crippen molar-refractivity contribution in [3.8, 4) is 0 Å². The minimum Gasteiger partial charge on any atom is -0.339 e. The number of aryl methyl sites for hydroxylation is 1. The van der Waals surface area contributed by atoms with Gasteiger partial charge in [0.2, 0.25) is 9.70 Å². The second-order valence-electron chi connectivity index (χ2n) is 7.20. The molecular formula is C24H22Cl3N3OS. The van der Waals surface area contributed by atoms with Crippen LogP contribution in [0.15, 0.2) is 84.9 Å². The highest BCUT2D eigenvalue weighted by Crippen LogP contribution is 2.31. The van der Waals surface area contributed by atoms with E-state index in [2.05, 4.69) is 16.0 Å².